The lowest BCUT2D eigenvalue weighted by Crippen LogP contribution is -2.13. The number of hydrogen-bond donors (Lipinski definition) is 1. The predicted molar refractivity (Wildman–Crippen MR) is 124 cm³/mol. The maximum Gasteiger partial charge on any atom is 0.263 e. The second-order valence-corrected chi connectivity index (χ2v) is 8.61. The first kappa shape index (κ1) is 22.7. The molecule has 0 atom stereocenters. The Morgan fingerprint density at radius 2 is 1.81 bits per heavy atom. The monoisotopic (exact) mass is 458 g/mol. The van der Waals surface area contributed by atoms with Crippen LogP contribution in [0.25, 0.3) is 0 Å². The van der Waals surface area contributed by atoms with Gasteiger partial charge in [-0.15, -0.1) is 0 Å². The third-order valence-electron chi connectivity index (χ3n) is 4.26. The van der Waals surface area contributed by atoms with Gasteiger partial charge in [-0.25, -0.2) is 8.42 Å². The number of sulfonamides is 1. The van der Waals surface area contributed by atoms with Gasteiger partial charge in [0.25, 0.3) is 10.0 Å². The first-order valence-electron chi connectivity index (χ1n) is 9.72. The van der Waals surface area contributed by atoms with E-state index in [4.69, 9.17) is 21.2 Å². The van der Waals surface area contributed by atoms with Crippen LogP contribution in [0.2, 0.25) is 5.02 Å². The van der Waals surface area contributed by atoms with E-state index >= 15 is 0 Å². The molecule has 162 valence electrons. The maximum atomic E-state index is 12.6. The smallest absolute Gasteiger partial charge is 0.263 e. The van der Waals surface area contributed by atoms with Crippen LogP contribution < -0.4 is 9.46 Å². The summed E-state index contributed by atoms with van der Waals surface area (Å²) in [5.41, 5.74) is 2.47. The van der Waals surface area contributed by atoms with Crippen molar-refractivity contribution in [3.63, 3.8) is 0 Å². The topological polar surface area (TPSA) is 77.0 Å². The molecule has 8 heteroatoms. The van der Waals surface area contributed by atoms with Crippen molar-refractivity contribution in [2.45, 2.75) is 18.2 Å². The fraction of sp³-hybridized carbons (Fsp3) is 0.174. The largest absolute Gasteiger partial charge is 0.493 e. The van der Waals surface area contributed by atoms with Gasteiger partial charge in [0.2, 0.25) is 0 Å². The summed E-state index contributed by atoms with van der Waals surface area (Å²) in [5, 5.41) is 4.01. The highest BCUT2D eigenvalue weighted by molar-refractivity contribution is 7.92. The van der Waals surface area contributed by atoms with Crippen molar-refractivity contribution >= 4 is 33.5 Å². The zero-order chi connectivity index (χ0) is 22.1. The number of ether oxygens (including phenoxy) is 1. The second-order valence-electron chi connectivity index (χ2n) is 6.56. The summed E-state index contributed by atoms with van der Waals surface area (Å²) in [6.07, 6.45) is 2.37. The first-order chi connectivity index (χ1) is 15.0. The Kier molecular flexibility index (Phi) is 7.92. The van der Waals surface area contributed by atoms with Crippen molar-refractivity contribution in [3.05, 3.63) is 88.9 Å². The SMILES string of the molecule is CCON=Cc1ccc(CCOc2cccc(NS(=O)(=O)c3ccccc3Cl)c2)cc1. The van der Waals surface area contributed by atoms with Gasteiger partial charge < -0.3 is 9.57 Å². The van der Waals surface area contributed by atoms with Gasteiger partial charge in [0.15, 0.2) is 0 Å². The van der Waals surface area contributed by atoms with Crippen LogP contribution in [0.4, 0.5) is 5.69 Å². The molecule has 3 aromatic rings. The molecule has 0 radical (unpaired) electrons. The summed E-state index contributed by atoms with van der Waals surface area (Å²) < 4.78 is 33.5. The number of nitrogens with one attached hydrogen (secondary N) is 1. The molecule has 0 heterocycles. The van der Waals surface area contributed by atoms with E-state index in [1.807, 2.05) is 31.2 Å². The zero-order valence-electron chi connectivity index (χ0n) is 17.0. The molecule has 0 spiro atoms. The standard InChI is InChI=1S/C23H23ClN2O4S/c1-2-30-25-17-19-12-10-18(11-13-19)14-15-29-21-7-5-6-20(16-21)26-31(27,28)23-9-4-3-8-22(23)24/h3-13,16-17,26H,2,14-15H2,1H3. The molecule has 3 aromatic carbocycles. The van der Waals surface area contributed by atoms with Crippen molar-refractivity contribution in [3.8, 4) is 5.75 Å². The van der Waals surface area contributed by atoms with Gasteiger partial charge >= 0.3 is 0 Å². The van der Waals surface area contributed by atoms with Crippen molar-refractivity contribution in [1.82, 2.24) is 0 Å². The number of benzene rings is 3. The molecule has 3 rings (SSSR count). The highest BCUT2D eigenvalue weighted by atomic mass is 35.5. The molecule has 0 saturated heterocycles. The summed E-state index contributed by atoms with van der Waals surface area (Å²) >= 11 is 6.02. The van der Waals surface area contributed by atoms with Crippen LogP contribution in [-0.4, -0.2) is 27.8 Å². The highest BCUT2D eigenvalue weighted by Gasteiger charge is 2.17. The Morgan fingerprint density at radius 1 is 1.03 bits per heavy atom. The van der Waals surface area contributed by atoms with Crippen LogP contribution in [0, 0.1) is 0 Å². The molecule has 0 aromatic heterocycles. The minimum absolute atomic E-state index is 0.0257. The van der Waals surface area contributed by atoms with E-state index < -0.39 is 10.0 Å². The molecule has 0 aliphatic rings. The van der Waals surface area contributed by atoms with E-state index in [1.165, 1.54) is 12.1 Å². The minimum Gasteiger partial charge on any atom is -0.493 e. The van der Waals surface area contributed by atoms with Crippen molar-refractivity contribution in [1.29, 1.82) is 0 Å². The molecule has 0 amide bonds. The van der Waals surface area contributed by atoms with Crippen LogP contribution >= 0.6 is 11.6 Å². The lowest BCUT2D eigenvalue weighted by Gasteiger charge is -2.11. The van der Waals surface area contributed by atoms with Gasteiger partial charge in [0.1, 0.15) is 17.3 Å². The van der Waals surface area contributed by atoms with Crippen molar-refractivity contribution < 1.29 is 18.0 Å². The molecular weight excluding hydrogens is 436 g/mol. The molecule has 0 unspecified atom stereocenters. The van der Waals surface area contributed by atoms with E-state index in [0.29, 0.717) is 31.1 Å². The van der Waals surface area contributed by atoms with Crippen LogP contribution in [0.1, 0.15) is 18.1 Å². The third-order valence-corrected chi connectivity index (χ3v) is 6.14. The molecule has 0 bridgehead atoms. The average Bonchev–Trinajstić information content (AvgIpc) is 2.75. The Labute approximate surface area is 187 Å². The zero-order valence-corrected chi connectivity index (χ0v) is 18.6. The summed E-state index contributed by atoms with van der Waals surface area (Å²) in [5.74, 6) is 0.569. The molecule has 1 N–H and O–H groups in total. The lowest BCUT2D eigenvalue weighted by atomic mass is 10.1. The second kappa shape index (κ2) is 10.8. The van der Waals surface area contributed by atoms with Gasteiger partial charge in [0.05, 0.1) is 23.5 Å². The fourth-order valence-corrected chi connectivity index (χ4v) is 4.32. The van der Waals surface area contributed by atoms with E-state index in [2.05, 4.69) is 9.88 Å². The van der Waals surface area contributed by atoms with Crippen molar-refractivity contribution in [2.75, 3.05) is 17.9 Å². The number of anilines is 1. The third kappa shape index (κ3) is 6.73. The Hall–Kier alpha value is -3.03. The number of hydrogen-bond acceptors (Lipinski definition) is 5. The summed E-state index contributed by atoms with van der Waals surface area (Å²) in [6, 6.07) is 21.0. The summed E-state index contributed by atoms with van der Waals surface area (Å²) in [4.78, 5) is 4.98. The number of rotatable bonds is 10. The van der Waals surface area contributed by atoms with Gasteiger partial charge in [-0.1, -0.05) is 59.2 Å². The Balaban J connectivity index is 1.57. The number of halogens is 1. The van der Waals surface area contributed by atoms with Gasteiger partial charge in [0, 0.05) is 12.5 Å². The molecule has 31 heavy (non-hydrogen) atoms. The van der Waals surface area contributed by atoms with Crippen LogP contribution in [0.5, 0.6) is 5.75 Å². The predicted octanol–water partition coefficient (Wildman–Crippen LogP) is 5.13. The quantitative estimate of drug-likeness (QED) is 0.337. The first-order valence-corrected chi connectivity index (χ1v) is 11.6. The lowest BCUT2D eigenvalue weighted by molar-refractivity contribution is 0.160. The molecule has 0 aliphatic carbocycles. The molecular formula is C23H23ClN2O4S. The van der Waals surface area contributed by atoms with Gasteiger partial charge in [-0.3, -0.25) is 4.72 Å². The molecule has 0 saturated carbocycles. The fourth-order valence-electron chi connectivity index (χ4n) is 2.75. The Bertz CT molecular complexity index is 1130. The number of nitrogens with zero attached hydrogens (tertiary/aromatic N) is 1. The van der Waals surface area contributed by atoms with Crippen molar-refractivity contribution in [2.24, 2.45) is 5.16 Å². The van der Waals surface area contributed by atoms with E-state index in [-0.39, 0.29) is 9.92 Å². The maximum absolute atomic E-state index is 12.6. The van der Waals surface area contributed by atoms with Crippen LogP contribution in [0.15, 0.2) is 82.8 Å². The van der Waals surface area contributed by atoms with E-state index in [9.17, 15) is 8.42 Å². The molecule has 0 aliphatic heterocycles. The summed E-state index contributed by atoms with van der Waals surface area (Å²) in [7, 11) is -3.79. The van der Waals surface area contributed by atoms with Crippen LogP contribution in [0.3, 0.4) is 0 Å². The molecule has 0 fully saturated rings. The normalized spacial score (nSPS) is 11.4. The minimum atomic E-state index is -3.79. The number of oxime groups is 1. The van der Waals surface area contributed by atoms with Crippen LogP contribution in [-0.2, 0) is 21.3 Å². The van der Waals surface area contributed by atoms with E-state index in [0.717, 1.165) is 11.1 Å². The van der Waals surface area contributed by atoms with E-state index in [1.54, 1.807) is 42.6 Å². The average molecular weight is 459 g/mol. The van der Waals surface area contributed by atoms with Gasteiger partial charge in [-0.2, -0.15) is 0 Å². The Morgan fingerprint density at radius 3 is 2.55 bits per heavy atom. The van der Waals surface area contributed by atoms with Gasteiger partial charge in [-0.05, 0) is 42.3 Å². The molecule has 6 nitrogen and oxygen atoms in total. The summed E-state index contributed by atoms with van der Waals surface area (Å²) in [6.45, 7) is 2.87. The highest BCUT2D eigenvalue weighted by Crippen LogP contribution is 2.25.